The van der Waals surface area contributed by atoms with Gasteiger partial charge in [-0.05, 0) is 30.7 Å². The summed E-state index contributed by atoms with van der Waals surface area (Å²) < 4.78 is 0. The molecule has 2 unspecified atom stereocenters. The van der Waals surface area contributed by atoms with Crippen LogP contribution < -0.4 is 0 Å². The smallest absolute Gasteiger partial charge is 0.226 e. The predicted octanol–water partition coefficient (Wildman–Crippen LogP) is 3.23. The van der Waals surface area contributed by atoms with Crippen LogP contribution in [0.25, 0.3) is 0 Å². The van der Waals surface area contributed by atoms with Gasteiger partial charge in [0.1, 0.15) is 0 Å². The Morgan fingerprint density at radius 1 is 1.06 bits per heavy atom. The van der Waals surface area contributed by atoms with Crippen LogP contribution in [0.5, 0.6) is 0 Å². The number of benzene rings is 1. The van der Waals surface area contributed by atoms with Gasteiger partial charge in [0.05, 0.1) is 0 Å². The molecular weight excluding hydrogens is 222 g/mol. The Balaban J connectivity index is 1.69. The summed E-state index contributed by atoms with van der Waals surface area (Å²) in [6.07, 6.45) is 6.17. The molecule has 0 spiro atoms. The van der Waals surface area contributed by atoms with Crippen LogP contribution in [-0.4, -0.2) is 17.4 Å². The molecule has 2 heteroatoms. The van der Waals surface area contributed by atoms with Gasteiger partial charge < -0.3 is 4.90 Å². The van der Waals surface area contributed by atoms with Crippen LogP contribution in [0.4, 0.5) is 0 Å². The average molecular weight is 243 g/mol. The number of hydrogen-bond acceptors (Lipinski definition) is 1. The highest BCUT2D eigenvalue weighted by molar-refractivity contribution is 5.80. The van der Waals surface area contributed by atoms with E-state index in [2.05, 4.69) is 17.0 Å². The molecule has 1 aromatic carbocycles. The Morgan fingerprint density at radius 3 is 2.67 bits per heavy atom. The Kier molecular flexibility index (Phi) is 3.35. The lowest BCUT2D eigenvalue weighted by Crippen LogP contribution is -2.46. The van der Waals surface area contributed by atoms with Crippen molar-refractivity contribution in [3.63, 3.8) is 0 Å². The van der Waals surface area contributed by atoms with Crippen LogP contribution in [0.15, 0.2) is 30.3 Å². The fraction of sp³-hybridized carbons (Fsp3) is 0.562. The van der Waals surface area contributed by atoms with E-state index in [9.17, 15) is 4.79 Å². The molecule has 3 rings (SSSR count). The van der Waals surface area contributed by atoms with Crippen molar-refractivity contribution in [2.75, 3.05) is 6.54 Å². The first kappa shape index (κ1) is 11.8. The maximum atomic E-state index is 12.5. The summed E-state index contributed by atoms with van der Waals surface area (Å²) in [5, 5.41) is 0. The monoisotopic (exact) mass is 243 g/mol. The highest BCUT2D eigenvalue weighted by Gasteiger charge is 2.37. The van der Waals surface area contributed by atoms with Gasteiger partial charge >= 0.3 is 0 Å². The highest BCUT2D eigenvalue weighted by Crippen LogP contribution is 2.37. The first-order chi connectivity index (χ1) is 8.84. The zero-order valence-corrected chi connectivity index (χ0v) is 10.8. The van der Waals surface area contributed by atoms with Gasteiger partial charge in [-0.25, -0.2) is 0 Å². The molecule has 0 radical (unpaired) electrons. The van der Waals surface area contributed by atoms with Crippen LogP contribution in [0.1, 0.15) is 37.7 Å². The van der Waals surface area contributed by atoms with Crippen molar-refractivity contribution in [2.24, 2.45) is 11.8 Å². The molecule has 18 heavy (non-hydrogen) atoms. The third-order valence-corrected chi connectivity index (χ3v) is 4.52. The Hall–Kier alpha value is -1.31. The molecule has 2 atom stereocenters. The Labute approximate surface area is 109 Å². The second-order valence-electron chi connectivity index (χ2n) is 5.69. The number of hydrogen-bond donors (Lipinski definition) is 0. The third kappa shape index (κ3) is 2.29. The molecule has 1 saturated heterocycles. The number of likely N-dealkylation sites (tertiary alicyclic amines) is 1. The highest BCUT2D eigenvalue weighted by atomic mass is 16.2. The number of carbonyl (C=O) groups excluding carboxylic acids is 1. The minimum absolute atomic E-state index is 0.330. The van der Waals surface area contributed by atoms with E-state index in [4.69, 9.17) is 0 Å². The fourth-order valence-corrected chi connectivity index (χ4v) is 3.51. The first-order valence-electron chi connectivity index (χ1n) is 7.17. The number of amides is 1. The molecule has 1 heterocycles. The topological polar surface area (TPSA) is 20.3 Å². The zero-order chi connectivity index (χ0) is 12.4. The van der Waals surface area contributed by atoms with Gasteiger partial charge in [-0.1, -0.05) is 43.2 Å². The normalized spacial score (nSPS) is 28.0. The van der Waals surface area contributed by atoms with Gasteiger partial charge in [-0.3, -0.25) is 4.79 Å². The predicted molar refractivity (Wildman–Crippen MR) is 71.9 cm³/mol. The standard InChI is InChI=1S/C16H21NO/c18-16-15-9-5-4-8-14(15)10-11-17(16)12-13-6-2-1-3-7-13/h1-3,6-7,14-15H,4-5,8-12H2. The number of rotatable bonds is 2. The lowest BCUT2D eigenvalue weighted by atomic mass is 9.74. The molecule has 2 nitrogen and oxygen atoms in total. The number of nitrogens with zero attached hydrogens (tertiary/aromatic N) is 1. The lowest BCUT2D eigenvalue weighted by Gasteiger charge is -2.40. The van der Waals surface area contributed by atoms with Crippen molar-refractivity contribution in [2.45, 2.75) is 38.6 Å². The van der Waals surface area contributed by atoms with Crippen molar-refractivity contribution in [1.29, 1.82) is 0 Å². The van der Waals surface area contributed by atoms with Gasteiger partial charge in [-0.2, -0.15) is 0 Å². The van der Waals surface area contributed by atoms with E-state index in [-0.39, 0.29) is 0 Å². The van der Waals surface area contributed by atoms with E-state index >= 15 is 0 Å². The van der Waals surface area contributed by atoms with E-state index in [0.29, 0.717) is 17.7 Å². The van der Waals surface area contributed by atoms with Crippen molar-refractivity contribution in [1.82, 2.24) is 4.90 Å². The van der Waals surface area contributed by atoms with E-state index in [0.717, 1.165) is 19.5 Å². The van der Waals surface area contributed by atoms with E-state index < -0.39 is 0 Å². The summed E-state index contributed by atoms with van der Waals surface area (Å²) in [6.45, 7) is 1.75. The van der Waals surface area contributed by atoms with Crippen molar-refractivity contribution in [3.8, 4) is 0 Å². The summed E-state index contributed by atoms with van der Waals surface area (Å²) in [5.41, 5.74) is 1.25. The molecule has 1 saturated carbocycles. The summed E-state index contributed by atoms with van der Waals surface area (Å²) in [4.78, 5) is 14.6. The molecule has 0 aromatic heterocycles. The average Bonchev–Trinajstić information content (AvgIpc) is 2.43. The number of carbonyl (C=O) groups is 1. The van der Waals surface area contributed by atoms with Crippen LogP contribution >= 0.6 is 0 Å². The van der Waals surface area contributed by atoms with Crippen LogP contribution in [0.2, 0.25) is 0 Å². The second-order valence-corrected chi connectivity index (χ2v) is 5.69. The fourth-order valence-electron chi connectivity index (χ4n) is 3.51. The lowest BCUT2D eigenvalue weighted by molar-refractivity contribution is -0.143. The van der Waals surface area contributed by atoms with Crippen LogP contribution in [0, 0.1) is 11.8 Å². The summed E-state index contributed by atoms with van der Waals surface area (Å²) in [7, 11) is 0. The van der Waals surface area contributed by atoms with Gasteiger partial charge in [0, 0.05) is 19.0 Å². The van der Waals surface area contributed by atoms with Gasteiger partial charge in [0.15, 0.2) is 0 Å². The van der Waals surface area contributed by atoms with Gasteiger partial charge in [0.2, 0.25) is 5.91 Å². The minimum atomic E-state index is 0.330. The maximum Gasteiger partial charge on any atom is 0.226 e. The molecule has 2 fully saturated rings. The zero-order valence-electron chi connectivity index (χ0n) is 10.8. The van der Waals surface area contributed by atoms with E-state index in [1.807, 2.05) is 18.2 Å². The van der Waals surface area contributed by atoms with Crippen molar-refractivity contribution >= 4 is 5.91 Å². The molecule has 1 amide bonds. The number of piperidine rings is 1. The quantitative estimate of drug-likeness (QED) is 0.781. The van der Waals surface area contributed by atoms with Gasteiger partial charge in [-0.15, -0.1) is 0 Å². The molecule has 1 aliphatic heterocycles. The van der Waals surface area contributed by atoms with E-state index in [1.54, 1.807) is 0 Å². The van der Waals surface area contributed by atoms with Crippen LogP contribution in [0.3, 0.4) is 0 Å². The molecule has 96 valence electrons. The minimum Gasteiger partial charge on any atom is -0.338 e. The third-order valence-electron chi connectivity index (χ3n) is 4.52. The Bertz CT molecular complexity index is 414. The summed E-state index contributed by atoms with van der Waals surface area (Å²) >= 11 is 0. The summed E-state index contributed by atoms with van der Waals surface area (Å²) in [5.74, 6) is 1.42. The largest absolute Gasteiger partial charge is 0.338 e. The van der Waals surface area contributed by atoms with Gasteiger partial charge in [0.25, 0.3) is 0 Å². The van der Waals surface area contributed by atoms with E-state index in [1.165, 1.54) is 31.2 Å². The molecular formula is C16H21NO. The number of fused-ring (bicyclic) bond motifs is 1. The van der Waals surface area contributed by atoms with Crippen LogP contribution in [-0.2, 0) is 11.3 Å². The molecule has 1 aliphatic carbocycles. The van der Waals surface area contributed by atoms with Crippen molar-refractivity contribution < 1.29 is 4.79 Å². The molecule has 1 aromatic rings. The molecule has 2 aliphatic rings. The molecule has 0 N–H and O–H groups in total. The summed E-state index contributed by atoms with van der Waals surface area (Å²) in [6, 6.07) is 10.3. The molecule has 0 bridgehead atoms. The second kappa shape index (κ2) is 5.13. The van der Waals surface area contributed by atoms with Crippen molar-refractivity contribution in [3.05, 3.63) is 35.9 Å². The Morgan fingerprint density at radius 2 is 1.83 bits per heavy atom. The SMILES string of the molecule is O=C1C2CCCCC2CCN1Cc1ccccc1. The maximum absolute atomic E-state index is 12.5. The first-order valence-corrected chi connectivity index (χ1v) is 7.17.